The summed E-state index contributed by atoms with van der Waals surface area (Å²) in [5.41, 5.74) is 27.5. The molecule has 0 saturated heterocycles. The Morgan fingerprint density at radius 3 is 0.893 bits per heavy atom. The van der Waals surface area contributed by atoms with Gasteiger partial charge in [0, 0.05) is 34.1 Å². The Kier molecular flexibility index (Phi) is 25.8. The van der Waals surface area contributed by atoms with Gasteiger partial charge in [0.05, 0.1) is 0 Å². The number of hydrogen-bond donors (Lipinski definition) is 0. The third-order valence-electron chi connectivity index (χ3n) is 22.0. The molecule has 2 unspecified atom stereocenters. The summed E-state index contributed by atoms with van der Waals surface area (Å²) in [6.45, 7) is 21.9. The van der Waals surface area contributed by atoms with Crippen molar-refractivity contribution in [1.82, 2.24) is 0 Å². The fraction of sp³-hybridized carbons (Fsp3) is 0.287. The van der Waals surface area contributed by atoms with Crippen LogP contribution in [-0.4, -0.2) is 0 Å². The molecule has 0 amide bonds. The van der Waals surface area contributed by atoms with Crippen molar-refractivity contribution in [2.75, 3.05) is 9.80 Å². The predicted octanol–water partition coefficient (Wildman–Crippen LogP) is 31.3. The highest BCUT2D eigenvalue weighted by molar-refractivity contribution is 6.14. The molecule has 0 aromatic heterocycles. The molecule has 0 aliphatic rings. The smallest absolute Gasteiger partial charge is 0.0462 e. The summed E-state index contributed by atoms with van der Waals surface area (Å²) in [5, 5.41) is 5.27. The van der Waals surface area contributed by atoms with Crippen LogP contribution in [-0.2, 0) is 12.8 Å². The van der Waals surface area contributed by atoms with Crippen molar-refractivity contribution < 1.29 is 0 Å². The first-order chi connectivity index (χ1) is 50.8. The monoisotopic (exact) mass is 1350 g/mol. The largest absolute Gasteiger partial charge is 0.311 e. The minimum atomic E-state index is 0.560. The summed E-state index contributed by atoms with van der Waals surface area (Å²) >= 11 is 0. The highest BCUT2D eigenvalue weighted by Gasteiger charge is 2.24. The molecule has 0 N–H and O–H groups in total. The van der Waals surface area contributed by atoms with E-state index in [1.165, 1.54) is 196 Å². The van der Waals surface area contributed by atoms with Crippen molar-refractivity contribution in [2.24, 2.45) is 0 Å². The molecule has 12 aromatic carbocycles. The van der Waals surface area contributed by atoms with Crippen LogP contribution in [0.2, 0.25) is 0 Å². The molecular formula is C101H110N2. The summed E-state index contributed by atoms with van der Waals surface area (Å²) in [6, 6.07) is 97.6. The SMILES string of the molecule is C=Cc1ccc(-c2ccc(N(c3ccc(-c4cc(CCCCCCCC)c(-c5c(CCCCCCCC)cc(-c6ccc(N(c7ccc(-c8ccc(C=C)cc8)cc7)c7ccc(C(CC)CCCC)cc7)cc6)c6ccccc56)c5ccccc45)cc3)c3ccc(C(CC)CCC)cc3)cc2)cc1. The lowest BCUT2D eigenvalue weighted by Crippen LogP contribution is -2.10. The average Bonchev–Trinajstić information content (AvgIpc) is 0.732. The number of benzene rings is 12. The zero-order valence-electron chi connectivity index (χ0n) is 62.7. The summed E-state index contributed by atoms with van der Waals surface area (Å²) in [5.74, 6) is 1.12. The van der Waals surface area contributed by atoms with E-state index in [4.69, 9.17) is 0 Å². The van der Waals surface area contributed by atoms with Gasteiger partial charge in [-0.15, -0.1) is 0 Å². The highest BCUT2D eigenvalue weighted by atomic mass is 15.1. The van der Waals surface area contributed by atoms with Crippen molar-refractivity contribution >= 4 is 67.8 Å². The van der Waals surface area contributed by atoms with Crippen molar-refractivity contribution in [2.45, 2.75) is 188 Å². The Morgan fingerprint density at radius 2 is 0.573 bits per heavy atom. The molecule has 12 aromatic rings. The van der Waals surface area contributed by atoms with Crippen molar-refractivity contribution in [1.29, 1.82) is 0 Å². The van der Waals surface area contributed by atoms with Crippen molar-refractivity contribution in [3.8, 4) is 55.6 Å². The van der Waals surface area contributed by atoms with Crippen molar-refractivity contribution in [3.63, 3.8) is 0 Å². The van der Waals surface area contributed by atoms with Crippen LogP contribution < -0.4 is 9.80 Å². The zero-order chi connectivity index (χ0) is 71.3. The molecule has 0 radical (unpaired) electrons. The van der Waals surface area contributed by atoms with Gasteiger partial charge in [-0.1, -0.05) is 320 Å². The molecule has 0 aliphatic heterocycles. The van der Waals surface area contributed by atoms with Crippen LogP contribution in [0.3, 0.4) is 0 Å². The Morgan fingerprint density at radius 1 is 0.282 bits per heavy atom. The first-order valence-electron chi connectivity index (χ1n) is 39.5. The molecule has 524 valence electrons. The van der Waals surface area contributed by atoms with Gasteiger partial charge in [-0.05, 0) is 259 Å². The van der Waals surface area contributed by atoms with E-state index in [0.717, 1.165) is 83.8 Å². The molecular weight excluding hydrogens is 1240 g/mol. The van der Waals surface area contributed by atoms with E-state index in [1.54, 1.807) is 0 Å². The molecule has 0 heterocycles. The van der Waals surface area contributed by atoms with E-state index in [0.29, 0.717) is 11.8 Å². The van der Waals surface area contributed by atoms with E-state index < -0.39 is 0 Å². The van der Waals surface area contributed by atoms with Crippen molar-refractivity contribution in [3.05, 3.63) is 301 Å². The summed E-state index contributed by atoms with van der Waals surface area (Å²) < 4.78 is 0. The second-order valence-electron chi connectivity index (χ2n) is 28.9. The van der Waals surface area contributed by atoms with Crippen LogP contribution in [0, 0.1) is 0 Å². The van der Waals surface area contributed by atoms with Crippen LogP contribution >= 0.6 is 0 Å². The van der Waals surface area contributed by atoms with Gasteiger partial charge in [0.2, 0.25) is 0 Å². The van der Waals surface area contributed by atoms with E-state index in [9.17, 15) is 0 Å². The summed E-state index contributed by atoms with van der Waals surface area (Å²) in [6.07, 6.45) is 29.2. The summed E-state index contributed by atoms with van der Waals surface area (Å²) in [7, 11) is 0. The lowest BCUT2D eigenvalue weighted by atomic mass is 9.80. The quantitative estimate of drug-likeness (QED) is 0.0361. The molecule has 12 rings (SSSR count). The van der Waals surface area contributed by atoms with Crippen LogP contribution in [0.1, 0.15) is 209 Å². The van der Waals surface area contributed by atoms with Crippen LogP contribution in [0.4, 0.5) is 34.1 Å². The van der Waals surface area contributed by atoms with Gasteiger partial charge in [-0.2, -0.15) is 0 Å². The fourth-order valence-electron chi connectivity index (χ4n) is 16.0. The number of unbranched alkanes of at least 4 members (excludes halogenated alkanes) is 11. The zero-order valence-corrected chi connectivity index (χ0v) is 62.7. The molecule has 0 bridgehead atoms. The molecule has 0 aliphatic carbocycles. The number of aryl methyl sites for hydroxylation is 2. The third-order valence-corrected chi connectivity index (χ3v) is 22.0. The van der Waals surface area contributed by atoms with Gasteiger partial charge in [0.1, 0.15) is 0 Å². The maximum atomic E-state index is 3.99. The highest BCUT2D eigenvalue weighted by Crippen LogP contribution is 2.48. The minimum absolute atomic E-state index is 0.560. The van der Waals surface area contributed by atoms with E-state index in [-0.39, 0.29) is 0 Å². The van der Waals surface area contributed by atoms with Crippen LogP contribution in [0.25, 0.3) is 89.3 Å². The van der Waals surface area contributed by atoms with E-state index >= 15 is 0 Å². The van der Waals surface area contributed by atoms with Gasteiger partial charge in [-0.3, -0.25) is 0 Å². The Bertz CT molecular complexity index is 4650. The maximum absolute atomic E-state index is 3.99. The predicted molar refractivity (Wildman–Crippen MR) is 453 cm³/mol. The lowest BCUT2D eigenvalue weighted by Gasteiger charge is -2.27. The standard InChI is InChI=1S/C101H110N2/c1-9-17-20-22-24-26-34-86-72-98(84-56-68-92(69-57-84)102(88-60-48-78(49-61-88)76(15-7)32-12-4)90-64-52-82(53-65-90)80-44-40-74(13-5)41-45-80)94-36-28-30-38-96(94)100(86)101-87(35-27-25-23-21-18-10-2)73-99(95-37-29-31-39-97(95)101)85-58-70-93(71-59-85)103(89-62-50-79(51-63-89)77(16-8)33-19-11-3)91-66-54-83(55-67-91)81-46-42-75(14-6)43-47-81/h13-14,28-31,36-73,76-77H,5-6,9-12,15-27,32-35H2,1-4,7-8H3. The summed E-state index contributed by atoms with van der Waals surface area (Å²) in [4.78, 5) is 4.88. The van der Waals surface area contributed by atoms with Crippen LogP contribution in [0.15, 0.2) is 268 Å². The van der Waals surface area contributed by atoms with Gasteiger partial charge in [0.25, 0.3) is 0 Å². The molecule has 0 spiro atoms. The molecule has 2 atom stereocenters. The van der Waals surface area contributed by atoms with Gasteiger partial charge < -0.3 is 9.80 Å². The van der Waals surface area contributed by atoms with E-state index in [1.807, 2.05) is 12.2 Å². The second-order valence-corrected chi connectivity index (χ2v) is 28.9. The third kappa shape index (κ3) is 17.5. The minimum Gasteiger partial charge on any atom is -0.311 e. The fourth-order valence-corrected chi connectivity index (χ4v) is 16.0. The molecule has 103 heavy (non-hydrogen) atoms. The number of hydrogen-bond acceptors (Lipinski definition) is 2. The Balaban J connectivity index is 0.960. The number of nitrogens with zero attached hydrogens (tertiary/aromatic N) is 2. The molecule has 2 nitrogen and oxygen atoms in total. The first-order valence-corrected chi connectivity index (χ1v) is 39.5. The number of anilines is 6. The van der Waals surface area contributed by atoms with Gasteiger partial charge >= 0.3 is 0 Å². The van der Waals surface area contributed by atoms with E-state index in [2.05, 4.69) is 319 Å². The van der Waals surface area contributed by atoms with Gasteiger partial charge in [0.15, 0.2) is 0 Å². The number of rotatable bonds is 36. The normalized spacial score (nSPS) is 12.0. The average molecular weight is 1350 g/mol. The lowest BCUT2D eigenvalue weighted by molar-refractivity contribution is 0.570. The van der Waals surface area contributed by atoms with Gasteiger partial charge in [-0.25, -0.2) is 0 Å². The first kappa shape index (κ1) is 73.0. The molecule has 0 saturated carbocycles. The topological polar surface area (TPSA) is 6.48 Å². The second kappa shape index (κ2) is 36.4. The Labute approximate surface area is 618 Å². The molecule has 2 heteroatoms. The molecule has 0 fully saturated rings. The Hall–Kier alpha value is -9.76. The maximum Gasteiger partial charge on any atom is 0.0462 e. The number of fused-ring (bicyclic) bond motifs is 2. The van der Waals surface area contributed by atoms with Crippen LogP contribution in [0.5, 0.6) is 0 Å².